The van der Waals surface area contributed by atoms with E-state index in [2.05, 4.69) is 18.2 Å². The number of ketones is 1. The van der Waals surface area contributed by atoms with E-state index in [-0.39, 0.29) is 0 Å². The molecule has 0 saturated heterocycles. The molecular formula is C12H14O. The second-order valence-corrected chi connectivity index (χ2v) is 4.52. The summed E-state index contributed by atoms with van der Waals surface area (Å²) in [5.74, 6) is 2.63. The molecule has 0 amide bonds. The average Bonchev–Trinajstić information content (AvgIpc) is 2.20. The van der Waals surface area contributed by atoms with Gasteiger partial charge in [0.15, 0.2) is 5.78 Å². The van der Waals surface area contributed by atoms with Crippen molar-refractivity contribution in [3.8, 4) is 0 Å². The molecule has 4 aliphatic rings. The first-order chi connectivity index (χ1) is 6.36. The predicted molar refractivity (Wildman–Crippen MR) is 51.1 cm³/mol. The van der Waals surface area contributed by atoms with Gasteiger partial charge >= 0.3 is 0 Å². The fourth-order valence-electron chi connectivity index (χ4n) is 3.30. The summed E-state index contributed by atoms with van der Waals surface area (Å²) in [7, 11) is 0. The predicted octanol–water partition coefficient (Wildman–Crippen LogP) is 2.34. The summed E-state index contributed by atoms with van der Waals surface area (Å²) in [5.41, 5.74) is 0. The van der Waals surface area contributed by atoms with E-state index < -0.39 is 0 Å². The van der Waals surface area contributed by atoms with Gasteiger partial charge in [-0.05, 0) is 43.1 Å². The third kappa shape index (κ3) is 0.962. The fourth-order valence-corrected chi connectivity index (χ4v) is 3.30. The molecule has 0 aromatic rings. The van der Waals surface area contributed by atoms with Crippen LogP contribution in [0.25, 0.3) is 0 Å². The number of allylic oxidation sites excluding steroid dienone is 4. The van der Waals surface area contributed by atoms with Crippen molar-refractivity contribution < 1.29 is 4.79 Å². The quantitative estimate of drug-likeness (QED) is 0.515. The van der Waals surface area contributed by atoms with Crippen LogP contribution in [-0.2, 0) is 4.79 Å². The maximum absolute atomic E-state index is 11.7. The Labute approximate surface area is 78.5 Å². The van der Waals surface area contributed by atoms with Crippen molar-refractivity contribution in [1.29, 1.82) is 0 Å². The van der Waals surface area contributed by atoms with Gasteiger partial charge in [0.05, 0.1) is 0 Å². The Morgan fingerprint density at radius 1 is 1.15 bits per heavy atom. The van der Waals surface area contributed by atoms with Crippen LogP contribution in [0.15, 0.2) is 24.3 Å². The van der Waals surface area contributed by atoms with Crippen molar-refractivity contribution in [2.45, 2.75) is 19.3 Å². The molecule has 0 N–H and O–H groups in total. The van der Waals surface area contributed by atoms with Gasteiger partial charge in [0, 0.05) is 5.92 Å². The maximum atomic E-state index is 11.7. The van der Waals surface area contributed by atoms with E-state index in [1.807, 2.05) is 0 Å². The highest BCUT2D eigenvalue weighted by Crippen LogP contribution is 2.48. The number of carbonyl (C=O) groups is 1. The lowest BCUT2D eigenvalue weighted by atomic mass is 9.59. The van der Waals surface area contributed by atoms with Crippen LogP contribution in [0, 0.1) is 23.7 Å². The molecule has 4 rings (SSSR count). The van der Waals surface area contributed by atoms with Crippen molar-refractivity contribution >= 4 is 5.78 Å². The Balaban J connectivity index is 2.02. The zero-order valence-corrected chi connectivity index (χ0v) is 7.65. The first kappa shape index (κ1) is 7.54. The third-order valence-corrected chi connectivity index (χ3v) is 3.93. The number of hydrogen-bond acceptors (Lipinski definition) is 1. The maximum Gasteiger partial charge on any atom is 0.159 e. The highest BCUT2D eigenvalue weighted by Gasteiger charge is 2.43. The fraction of sp³-hybridized carbons (Fsp3) is 0.583. The Hall–Kier alpha value is -0.850. The lowest BCUT2D eigenvalue weighted by Gasteiger charge is -2.45. The van der Waals surface area contributed by atoms with Gasteiger partial charge in [0.25, 0.3) is 0 Å². The van der Waals surface area contributed by atoms with Crippen molar-refractivity contribution in [1.82, 2.24) is 0 Å². The summed E-state index contributed by atoms with van der Waals surface area (Å²) in [5, 5.41) is 0. The normalized spacial score (nSPS) is 46.6. The second kappa shape index (κ2) is 2.57. The standard InChI is InChI=1S/C12H14O/c13-11-3-1-2-10-8-4-6-9(7-5-8)12(10)11/h1,3-4,6,8-10,12H,2,5,7H2/t8-,9+,10-,12+/m0/s1. The molecule has 1 nitrogen and oxygen atoms in total. The van der Waals surface area contributed by atoms with Gasteiger partial charge in [-0.15, -0.1) is 0 Å². The lowest BCUT2D eigenvalue weighted by molar-refractivity contribution is -0.124. The van der Waals surface area contributed by atoms with E-state index in [1.54, 1.807) is 6.08 Å². The minimum Gasteiger partial charge on any atom is -0.295 e. The molecule has 0 aromatic carbocycles. The monoisotopic (exact) mass is 174 g/mol. The van der Waals surface area contributed by atoms with Gasteiger partial charge in [-0.3, -0.25) is 4.79 Å². The van der Waals surface area contributed by atoms with Crippen molar-refractivity contribution in [2.24, 2.45) is 23.7 Å². The van der Waals surface area contributed by atoms with Crippen LogP contribution in [0.1, 0.15) is 19.3 Å². The molecule has 0 aliphatic heterocycles. The van der Waals surface area contributed by atoms with Gasteiger partial charge in [0.2, 0.25) is 0 Å². The summed E-state index contributed by atoms with van der Waals surface area (Å²) in [6, 6.07) is 0. The van der Waals surface area contributed by atoms with Gasteiger partial charge in [-0.2, -0.15) is 0 Å². The molecule has 1 saturated carbocycles. The Kier molecular flexibility index (Phi) is 1.49. The van der Waals surface area contributed by atoms with Gasteiger partial charge in [-0.1, -0.05) is 18.2 Å². The number of rotatable bonds is 0. The summed E-state index contributed by atoms with van der Waals surface area (Å²) < 4.78 is 0. The third-order valence-electron chi connectivity index (χ3n) is 3.93. The number of carbonyl (C=O) groups excluding carboxylic acids is 1. The Morgan fingerprint density at radius 3 is 2.62 bits per heavy atom. The number of fused-ring (bicyclic) bond motifs is 1. The van der Waals surface area contributed by atoms with E-state index >= 15 is 0 Å². The molecular weight excluding hydrogens is 160 g/mol. The van der Waals surface area contributed by atoms with Crippen molar-refractivity contribution in [3.63, 3.8) is 0 Å². The van der Waals surface area contributed by atoms with Gasteiger partial charge in [0.1, 0.15) is 0 Å². The van der Waals surface area contributed by atoms with E-state index in [0.29, 0.717) is 29.5 Å². The Bertz CT molecular complexity index is 300. The highest BCUT2D eigenvalue weighted by molar-refractivity contribution is 5.93. The van der Waals surface area contributed by atoms with E-state index in [1.165, 1.54) is 12.8 Å². The minimum absolute atomic E-state index is 0.341. The molecule has 0 radical (unpaired) electrons. The largest absolute Gasteiger partial charge is 0.295 e. The van der Waals surface area contributed by atoms with E-state index in [4.69, 9.17) is 0 Å². The molecule has 2 bridgehead atoms. The SMILES string of the molecule is O=C1C=CC[C@@H]2[C@H]1[C@@H]1C=C[C@H]2CC1. The van der Waals surface area contributed by atoms with Gasteiger partial charge < -0.3 is 0 Å². The zero-order chi connectivity index (χ0) is 8.84. The summed E-state index contributed by atoms with van der Waals surface area (Å²) in [4.78, 5) is 11.7. The molecule has 4 aliphatic carbocycles. The summed E-state index contributed by atoms with van der Waals surface area (Å²) in [6.45, 7) is 0. The van der Waals surface area contributed by atoms with Crippen LogP contribution < -0.4 is 0 Å². The summed E-state index contributed by atoms with van der Waals surface area (Å²) in [6.07, 6.45) is 12.2. The van der Waals surface area contributed by atoms with Crippen LogP contribution >= 0.6 is 0 Å². The van der Waals surface area contributed by atoms with Crippen LogP contribution in [0.4, 0.5) is 0 Å². The van der Waals surface area contributed by atoms with Crippen LogP contribution in [0.3, 0.4) is 0 Å². The molecule has 4 atom stereocenters. The van der Waals surface area contributed by atoms with Crippen LogP contribution in [0.2, 0.25) is 0 Å². The molecule has 0 aromatic heterocycles. The van der Waals surface area contributed by atoms with Crippen molar-refractivity contribution in [2.75, 3.05) is 0 Å². The highest BCUT2D eigenvalue weighted by atomic mass is 16.1. The van der Waals surface area contributed by atoms with Crippen LogP contribution in [-0.4, -0.2) is 5.78 Å². The molecule has 13 heavy (non-hydrogen) atoms. The summed E-state index contributed by atoms with van der Waals surface area (Å²) >= 11 is 0. The molecule has 68 valence electrons. The first-order valence-corrected chi connectivity index (χ1v) is 5.25. The molecule has 1 fully saturated rings. The first-order valence-electron chi connectivity index (χ1n) is 5.25. The molecule has 0 unspecified atom stereocenters. The van der Waals surface area contributed by atoms with Crippen molar-refractivity contribution in [3.05, 3.63) is 24.3 Å². The molecule has 1 heteroatoms. The zero-order valence-electron chi connectivity index (χ0n) is 7.65. The topological polar surface area (TPSA) is 17.1 Å². The van der Waals surface area contributed by atoms with Crippen LogP contribution in [0.5, 0.6) is 0 Å². The van der Waals surface area contributed by atoms with E-state index in [9.17, 15) is 4.79 Å². The second-order valence-electron chi connectivity index (χ2n) is 4.52. The molecule has 0 heterocycles. The average molecular weight is 174 g/mol. The van der Waals surface area contributed by atoms with E-state index in [0.717, 1.165) is 6.42 Å². The Morgan fingerprint density at radius 2 is 1.92 bits per heavy atom. The lowest BCUT2D eigenvalue weighted by Crippen LogP contribution is -2.42. The molecule has 0 spiro atoms. The number of hydrogen-bond donors (Lipinski definition) is 0. The minimum atomic E-state index is 0.341. The smallest absolute Gasteiger partial charge is 0.159 e. The van der Waals surface area contributed by atoms with Gasteiger partial charge in [-0.25, -0.2) is 0 Å².